The van der Waals surface area contributed by atoms with Gasteiger partial charge in [-0.2, -0.15) is 0 Å². The van der Waals surface area contributed by atoms with Gasteiger partial charge in [-0.25, -0.2) is 9.78 Å². The fourth-order valence-corrected chi connectivity index (χ4v) is 2.53. The molecule has 0 aliphatic heterocycles. The Balaban J connectivity index is 1.84. The van der Waals surface area contributed by atoms with Gasteiger partial charge in [-0.1, -0.05) is 11.6 Å². The minimum atomic E-state index is -0.969. The van der Waals surface area contributed by atoms with Gasteiger partial charge >= 0.3 is 5.97 Å². The van der Waals surface area contributed by atoms with E-state index in [-0.39, 0.29) is 5.69 Å². The third-order valence-electron chi connectivity index (χ3n) is 2.64. The maximum absolute atomic E-state index is 10.8. The zero-order valence-corrected chi connectivity index (χ0v) is 9.72. The quantitative estimate of drug-likeness (QED) is 0.774. The highest BCUT2D eigenvalue weighted by Crippen LogP contribution is 2.23. The van der Waals surface area contributed by atoms with Crippen LogP contribution in [-0.2, 0) is 0 Å². The van der Waals surface area contributed by atoms with E-state index in [4.69, 9.17) is 5.11 Å². The number of rotatable bonds is 5. The first-order valence-electron chi connectivity index (χ1n) is 5.36. The average Bonchev–Trinajstić information content (AvgIpc) is 2.87. The second kappa shape index (κ2) is 5.12. The largest absolute Gasteiger partial charge is 0.476 e. The Morgan fingerprint density at radius 2 is 2.50 bits per heavy atom. The fourth-order valence-electron chi connectivity index (χ4n) is 1.82. The lowest BCUT2D eigenvalue weighted by atomic mass is 10.2. The molecule has 0 unspecified atom stereocenters. The Bertz CT molecular complexity index is 412. The number of carbonyl (C=O) groups is 1. The molecule has 2 rings (SSSR count). The summed E-state index contributed by atoms with van der Waals surface area (Å²) in [6, 6.07) is 0. The SMILES string of the molecule is O=C(O)c1ncsc1NCCC1=CCCC1. The van der Waals surface area contributed by atoms with Gasteiger partial charge in [0.1, 0.15) is 5.00 Å². The summed E-state index contributed by atoms with van der Waals surface area (Å²) in [5.41, 5.74) is 3.17. The third-order valence-corrected chi connectivity index (χ3v) is 3.42. The van der Waals surface area contributed by atoms with Crippen LogP contribution >= 0.6 is 11.3 Å². The summed E-state index contributed by atoms with van der Waals surface area (Å²) in [7, 11) is 0. The Hall–Kier alpha value is -1.36. The van der Waals surface area contributed by atoms with Crippen LogP contribution in [0.3, 0.4) is 0 Å². The highest BCUT2D eigenvalue weighted by molar-refractivity contribution is 7.14. The summed E-state index contributed by atoms with van der Waals surface area (Å²) in [6.07, 6.45) is 6.92. The minimum absolute atomic E-state index is 0.130. The van der Waals surface area contributed by atoms with Gasteiger partial charge in [0, 0.05) is 6.54 Å². The highest BCUT2D eigenvalue weighted by Gasteiger charge is 2.13. The molecule has 16 heavy (non-hydrogen) atoms. The summed E-state index contributed by atoms with van der Waals surface area (Å²) in [4.78, 5) is 14.6. The summed E-state index contributed by atoms with van der Waals surface area (Å²) >= 11 is 1.34. The number of thiazole rings is 1. The number of allylic oxidation sites excluding steroid dienone is 1. The molecule has 5 heteroatoms. The first-order chi connectivity index (χ1) is 7.77. The monoisotopic (exact) mass is 238 g/mol. The average molecular weight is 238 g/mol. The predicted octanol–water partition coefficient (Wildman–Crippen LogP) is 2.75. The lowest BCUT2D eigenvalue weighted by molar-refractivity contribution is 0.0692. The van der Waals surface area contributed by atoms with E-state index in [1.807, 2.05) is 0 Å². The van der Waals surface area contributed by atoms with Crippen LogP contribution in [0.4, 0.5) is 5.00 Å². The molecule has 1 heterocycles. The van der Waals surface area contributed by atoms with Crippen LogP contribution < -0.4 is 5.32 Å². The highest BCUT2D eigenvalue weighted by atomic mass is 32.1. The van der Waals surface area contributed by atoms with E-state index in [1.54, 1.807) is 5.51 Å². The van der Waals surface area contributed by atoms with Crippen molar-refractivity contribution in [2.45, 2.75) is 25.7 Å². The lowest BCUT2D eigenvalue weighted by Crippen LogP contribution is -2.06. The Morgan fingerprint density at radius 3 is 3.19 bits per heavy atom. The van der Waals surface area contributed by atoms with E-state index in [0.29, 0.717) is 5.00 Å². The van der Waals surface area contributed by atoms with Crippen molar-refractivity contribution in [3.8, 4) is 0 Å². The lowest BCUT2D eigenvalue weighted by Gasteiger charge is -2.04. The van der Waals surface area contributed by atoms with Crippen molar-refractivity contribution < 1.29 is 9.90 Å². The zero-order chi connectivity index (χ0) is 11.4. The molecule has 1 aromatic heterocycles. The first kappa shape index (κ1) is 11.1. The van der Waals surface area contributed by atoms with Crippen molar-refractivity contribution in [2.24, 2.45) is 0 Å². The summed E-state index contributed by atoms with van der Waals surface area (Å²) in [6.45, 7) is 0.786. The van der Waals surface area contributed by atoms with Crippen molar-refractivity contribution in [3.63, 3.8) is 0 Å². The van der Waals surface area contributed by atoms with Crippen LogP contribution in [0.15, 0.2) is 17.2 Å². The molecule has 0 amide bonds. The second-order valence-corrected chi connectivity index (χ2v) is 4.62. The number of nitrogens with one attached hydrogen (secondary N) is 1. The van der Waals surface area contributed by atoms with Crippen LogP contribution in [0.2, 0.25) is 0 Å². The van der Waals surface area contributed by atoms with E-state index in [0.717, 1.165) is 13.0 Å². The minimum Gasteiger partial charge on any atom is -0.476 e. The van der Waals surface area contributed by atoms with Gasteiger partial charge in [0.05, 0.1) is 5.51 Å². The van der Waals surface area contributed by atoms with E-state index >= 15 is 0 Å². The van der Waals surface area contributed by atoms with Gasteiger partial charge in [-0.15, -0.1) is 11.3 Å². The molecule has 1 aromatic rings. The maximum Gasteiger partial charge on any atom is 0.357 e. The molecule has 0 saturated heterocycles. The van der Waals surface area contributed by atoms with E-state index in [2.05, 4.69) is 16.4 Å². The summed E-state index contributed by atoms with van der Waals surface area (Å²) < 4.78 is 0. The van der Waals surface area contributed by atoms with Crippen LogP contribution in [0.1, 0.15) is 36.2 Å². The molecule has 0 fully saturated rings. The van der Waals surface area contributed by atoms with Crippen molar-refractivity contribution in [2.75, 3.05) is 11.9 Å². The van der Waals surface area contributed by atoms with Gasteiger partial charge < -0.3 is 10.4 Å². The van der Waals surface area contributed by atoms with Gasteiger partial charge in [-0.3, -0.25) is 0 Å². The molecular formula is C11H14N2O2S. The molecule has 0 spiro atoms. The van der Waals surface area contributed by atoms with Gasteiger partial charge in [-0.05, 0) is 25.7 Å². The molecule has 0 saturated carbocycles. The van der Waals surface area contributed by atoms with Crippen LogP contribution in [0.25, 0.3) is 0 Å². The fraction of sp³-hybridized carbons (Fsp3) is 0.455. The van der Waals surface area contributed by atoms with Gasteiger partial charge in [0.25, 0.3) is 0 Å². The number of carboxylic acid groups (broad SMARTS) is 1. The number of aromatic carboxylic acids is 1. The first-order valence-corrected chi connectivity index (χ1v) is 6.24. The topological polar surface area (TPSA) is 62.2 Å². The summed E-state index contributed by atoms with van der Waals surface area (Å²) in [5.74, 6) is -0.969. The molecule has 2 N–H and O–H groups in total. The molecule has 1 aliphatic carbocycles. The van der Waals surface area contributed by atoms with Crippen molar-refractivity contribution in [3.05, 3.63) is 22.9 Å². The van der Waals surface area contributed by atoms with Crippen molar-refractivity contribution in [1.29, 1.82) is 0 Å². The molecule has 0 radical (unpaired) electrons. The molecule has 0 atom stereocenters. The zero-order valence-electron chi connectivity index (χ0n) is 8.90. The van der Waals surface area contributed by atoms with Crippen molar-refractivity contribution in [1.82, 2.24) is 4.98 Å². The number of nitrogens with zero attached hydrogens (tertiary/aromatic N) is 1. The molecular weight excluding hydrogens is 224 g/mol. The van der Waals surface area contributed by atoms with E-state index in [9.17, 15) is 4.79 Å². The molecule has 0 bridgehead atoms. The predicted molar refractivity (Wildman–Crippen MR) is 64.1 cm³/mol. The number of hydrogen-bond donors (Lipinski definition) is 2. The van der Waals surface area contributed by atoms with Gasteiger partial charge in [0.2, 0.25) is 0 Å². The van der Waals surface area contributed by atoms with E-state index in [1.165, 1.54) is 36.2 Å². The van der Waals surface area contributed by atoms with Crippen molar-refractivity contribution >= 4 is 22.3 Å². The molecule has 0 aromatic carbocycles. The molecule has 4 nitrogen and oxygen atoms in total. The summed E-state index contributed by atoms with van der Waals surface area (Å²) in [5, 5.41) is 12.7. The third kappa shape index (κ3) is 2.61. The maximum atomic E-state index is 10.8. The molecule has 86 valence electrons. The smallest absolute Gasteiger partial charge is 0.357 e. The Kier molecular flexibility index (Phi) is 3.56. The second-order valence-electron chi connectivity index (χ2n) is 3.77. The van der Waals surface area contributed by atoms with Crippen LogP contribution in [-0.4, -0.2) is 22.6 Å². The van der Waals surface area contributed by atoms with Crippen LogP contribution in [0, 0.1) is 0 Å². The standard InChI is InChI=1S/C11H14N2O2S/c14-11(15)9-10(16-7-13-9)12-6-5-8-3-1-2-4-8/h3,7,12H,1-2,4-6H2,(H,14,15). The van der Waals surface area contributed by atoms with E-state index < -0.39 is 5.97 Å². The Morgan fingerprint density at radius 1 is 1.62 bits per heavy atom. The number of hydrogen-bond acceptors (Lipinski definition) is 4. The normalized spacial score (nSPS) is 14.9. The molecule has 1 aliphatic rings. The van der Waals surface area contributed by atoms with Crippen LogP contribution in [0.5, 0.6) is 0 Å². The number of aromatic nitrogens is 1. The number of anilines is 1. The van der Waals surface area contributed by atoms with Gasteiger partial charge in [0.15, 0.2) is 5.69 Å². The number of carboxylic acids is 1. The Labute approximate surface area is 98.0 Å².